The number of aldehydes is 1. The van der Waals surface area contributed by atoms with Crippen molar-refractivity contribution in [3.63, 3.8) is 0 Å². The molecule has 1 aromatic rings. The van der Waals surface area contributed by atoms with Crippen molar-refractivity contribution in [3.05, 3.63) is 23.8 Å². The van der Waals surface area contributed by atoms with Gasteiger partial charge in [0.15, 0.2) is 17.4 Å². The van der Waals surface area contributed by atoms with Gasteiger partial charge in [-0.2, -0.15) is 0 Å². The largest absolute Gasteiger partial charge is 0.494 e. The monoisotopic (exact) mass is 215 g/mol. The number of halogens is 2. The molecule has 0 bridgehead atoms. The predicted molar refractivity (Wildman–Crippen MR) is 47.6 cm³/mol. The van der Waals surface area contributed by atoms with Crippen LogP contribution in [0.5, 0.6) is 5.75 Å². The quantitative estimate of drug-likeness (QED) is 0.607. The van der Waals surface area contributed by atoms with Crippen LogP contribution in [0.25, 0.3) is 0 Å². The first kappa shape index (κ1) is 11.1. The predicted octanol–water partition coefficient (Wildman–Crippen LogP) is 1.11. The van der Waals surface area contributed by atoms with E-state index in [1.165, 1.54) is 7.11 Å². The third-order valence-corrected chi connectivity index (χ3v) is 1.61. The molecule has 0 unspecified atom stereocenters. The van der Waals surface area contributed by atoms with Crippen molar-refractivity contribution in [3.8, 4) is 5.75 Å². The number of anilines is 1. The maximum Gasteiger partial charge on any atom is 0.288 e. The van der Waals surface area contributed by atoms with E-state index in [1.807, 2.05) is 5.32 Å². The van der Waals surface area contributed by atoms with E-state index in [2.05, 4.69) is 4.74 Å². The minimum absolute atomic E-state index is 0.0401. The molecule has 4 nitrogen and oxygen atoms in total. The molecule has 0 fully saturated rings. The fraction of sp³-hybridized carbons (Fsp3) is 0.111. The number of benzene rings is 1. The number of rotatable bonds is 3. The summed E-state index contributed by atoms with van der Waals surface area (Å²) < 4.78 is 30.7. The molecule has 0 heterocycles. The van der Waals surface area contributed by atoms with Gasteiger partial charge in [0.1, 0.15) is 0 Å². The SMILES string of the molecule is COc1cc(F)c(NC(=O)C=O)cc1F. The topological polar surface area (TPSA) is 55.4 Å². The van der Waals surface area contributed by atoms with Crippen LogP contribution in [-0.4, -0.2) is 19.3 Å². The highest BCUT2D eigenvalue weighted by molar-refractivity contribution is 6.29. The minimum Gasteiger partial charge on any atom is -0.494 e. The van der Waals surface area contributed by atoms with Crippen LogP contribution in [0.2, 0.25) is 0 Å². The van der Waals surface area contributed by atoms with Crippen LogP contribution in [0.15, 0.2) is 12.1 Å². The zero-order valence-corrected chi connectivity index (χ0v) is 7.71. The first-order valence-corrected chi connectivity index (χ1v) is 3.87. The zero-order valence-electron chi connectivity index (χ0n) is 7.71. The van der Waals surface area contributed by atoms with Crippen molar-refractivity contribution in [2.24, 2.45) is 0 Å². The average molecular weight is 215 g/mol. The van der Waals surface area contributed by atoms with Crippen LogP contribution in [0.1, 0.15) is 0 Å². The van der Waals surface area contributed by atoms with Gasteiger partial charge in [-0.25, -0.2) is 8.78 Å². The number of hydrogen-bond donors (Lipinski definition) is 1. The number of methoxy groups -OCH3 is 1. The minimum atomic E-state index is -1.06. The lowest BCUT2D eigenvalue weighted by atomic mass is 10.2. The van der Waals surface area contributed by atoms with Crippen LogP contribution in [0, 0.1) is 11.6 Å². The molecule has 0 atom stereocenters. The lowest BCUT2D eigenvalue weighted by Crippen LogP contribution is -2.13. The normalized spacial score (nSPS) is 9.53. The fourth-order valence-electron chi connectivity index (χ4n) is 0.943. The van der Waals surface area contributed by atoms with Crippen molar-refractivity contribution >= 4 is 17.9 Å². The van der Waals surface area contributed by atoms with Gasteiger partial charge in [-0.15, -0.1) is 0 Å². The van der Waals surface area contributed by atoms with Gasteiger partial charge in [-0.1, -0.05) is 0 Å². The Morgan fingerprint density at radius 3 is 2.60 bits per heavy atom. The van der Waals surface area contributed by atoms with Crippen LogP contribution in [0.4, 0.5) is 14.5 Å². The molecule has 1 amide bonds. The van der Waals surface area contributed by atoms with E-state index >= 15 is 0 Å². The van der Waals surface area contributed by atoms with Crippen molar-refractivity contribution in [2.75, 3.05) is 12.4 Å². The molecule has 1 aromatic carbocycles. The standard InChI is InChI=1S/C9H7F2NO3/c1-15-8-3-5(10)7(2-6(8)11)12-9(14)4-13/h2-4H,1H3,(H,12,14). The molecule has 0 aliphatic rings. The van der Waals surface area contributed by atoms with Crippen LogP contribution in [-0.2, 0) is 9.59 Å². The molecule has 0 saturated carbocycles. The van der Waals surface area contributed by atoms with Crippen molar-refractivity contribution in [1.82, 2.24) is 0 Å². The molecule has 1 N–H and O–H groups in total. The molecular formula is C9H7F2NO3. The molecule has 6 heteroatoms. The van der Waals surface area contributed by atoms with Gasteiger partial charge in [0.05, 0.1) is 12.8 Å². The molecular weight excluding hydrogens is 208 g/mol. The Morgan fingerprint density at radius 2 is 2.07 bits per heavy atom. The van der Waals surface area contributed by atoms with E-state index < -0.39 is 23.2 Å². The van der Waals surface area contributed by atoms with Gasteiger partial charge in [0.2, 0.25) is 6.29 Å². The molecule has 0 aromatic heterocycles. The summed E-state index contributed by atoms with van der Waals surface area (Å²) in [5.41, 5.74) is -0.412. The van der Waals surface area contributed by atoms with Gasteiger partial charge >= 0.3 is 0 Å². The Bertz CT molecular complexity index is 407. The molecule has 15 heavy (non-hydrogen) atoms. The van der Waals surface area contributed by atoms with Gasteiger partial charge in [0, 0.05) is 12.1 Å². The fourth-order valence-corrected chi connectivity index (χ4v) is 0.943. The number of carbonyl (C=O) groups excluding carboxylic acids is 2. The summed E-state index contributed by atoms with van der Waals surface area (Å²) in [5.74, 6) is -3.06. The second-order valence-electron chi connectivity index (χ2n) is 2.57. The molecule has 80 valence electrons. The van der Waals surface area contributed by atoms with E-state index in [9.17, 15) is 18.4 Å². The summed E-state index contributed by atoms with van der Waals surface area (Å²) in [6.07, 6.45) is -0.0401. The smallest absolute Gasteiger partial charge is 0.288 e. The number of amides is 1. The second-order valence-corrected chi connectivity index (χ2v) is 2.57. The third kappa shape index (κ3) is 2.49. The Morgan fingerprint density at radius 1 is 1.40 bits per heavy atom. The third-order valence-electron chi connectivity index (χ3n) is 1.61. The molecule has 1 rings (SSSR count). The summed E-state index contributed by atoms with van der Waals surface area (Å²) in [7, 11) is 1.18. The maximum atomic E-state index is 13.1. The van der Waals surface area contributed by atoms with Gasteiger partial charge in [-0.05, 0) is 0 Å². The van der Waals surface area contributed by atoms with E-state index in [0.717, 1.165) is 12.1 Å². The molecule has 0 spiro atoms. The van der Waals surface area contributed by atoms with Crippen molar-refractivity contribution in [2.45, 2.75) is 0 Å². The number of carbonyl (C=O) groups is 2. The molecule has 0 aliphatic carbocycles. The van der Waals surface area contributed by atoms with Crippen molar-refractivity contribution in [1.29, 1.82) is 0 Å². The maximum absolute atomic E-state index is 13.1. The van der Waals surface area contributed by atoms with E-state index in [1.54, 1.807) is 0 Å². The molecule has 0 aliphatic heterocycles. The summed E-state index contributed by atoms with van der Waals surface area (Å²) >= 11 is 0. The van der Waals surface area contributed by atoms with Crippen molar-refractivity contribution < 1.29 is 23.1 Å². The first-order valence-electron chi connectivity index (χ1n) is 3.87. The lowest BCUT2D eigenvalue weighted by molar-refractivity contribution is -0.127. The highest BCUT2D eigenvalue weighted by Crippen LogP contribution is 2.24. The van der Waals surface area contributed by atoms with E-state index in [0.29, 0.717) is 0 Å². The van der Waals surface area contributed by atoms with Crippen LogP contribution in [0.3, 0.4) is 0 Å². The number of ether oxygens (including phenoxy) is 1. The Labute approximate surface area is 83.8 Å². The number of hydrogen-bond acceptors (Lipinski definition) is 3. The summed E-state index contributed by atoms with van der Waals surface area (Å²) in [5, 5.41) is 1.87. The first-order chi connectivity index (χ1) is 7.08. The Balaban J connectivity index is 3.05. The zero-order chi connectivity index (χ0) is 11.4. The second kappa shape index (κ2) is 4.50. The van der Waals surface area contributed by atoms with Gasteiger partial charge < -0.3 is 10.1 Å². The highest BCUT2D eigenvalue weighted by atomic mass is 19.1. The number of nitrogens with one attached hydrogen (secondary N) is 1. The Kier molecular flexibility index (Phi) is 3.33. The summed E-state index contributed by atoms with van der Waals surface area (Å²) in [6.45, 7) is 0. The highest BCUT2D eigenvalue weighted by Gasteiger charge is 2.11. The molecule has 0 saturated heterocycles. The Hall–Kier alpha value is -1.98. The van der Waals surface area contributed by atoms with Gasteiger partial charge in [0.25, 0.3) is 5.91 Å². The van der Waals surface area contributed by atoms with Gasteiger partial charge in [-0.3, -0.25) is 9.59 Å². The molecule has 0 radical (unpaired) electrons. The van der Waals surface area contributed by atoms with Crippen LogP contribution >= 0.6 is 0 Å². The average Bonchev–Trinajstić information content (AvgIpc) is 2.22. The van der Waals surface area contributed by atoms with E-state index in [4.69, 9.17) is 0 Å². The van der Waals surface area contributed by atoms with E-state index in [-0.39, 0.29) is 12.0 Å². The summed E-state index contributed by atoms with van der Waals surface area (Å²) in [4.78, 5) is 20.6. The lowest BCUT2D eigenvalue weighted by Gasteiger charge is -2.06. The summed E-state index contributed by atoms with van der Waals surface area (Å²) in [6, 6.07) is 1.51. The van der Waals surface area contributed by atoms with Crippen LogP contribution < -0.4 is 10.1 Å².